The number of rotatable bonds is 3. The van der Waals surface area contributed by atoms with Gasteiger partial charge in [-0.25, -0.2) is 9.18 Å². The number of carbonyl (C=O) groups is 1. The van der Waals surface area contributed by atoms with E-state index in [1.165, 1.54) is 12.1 Å². The highest BCUT2D eigenvalue weighted by atomic mass is 32.1. The number of thiophene rings is 1. The molecule has 2 saturated heterocycles. The Labute approximate surface area is 131 Å². The van der Waals surface area contributed by atoms with Crippen LogP contribution in [0, 0.1) is 5.82 Å². The van der Waals surface area contributed by atoms with Crippen LogP contribution in [0.15, 0.2) is 24.3 Å². The van der Waals surface area contributed by atoms with Crippen LogP contribution < -0.4 is 10.6 Å². The van der Waals surface area contributed by atoms with Crippen molar-refractivity contribution >= 4 is 27.5 Å². The highest BCUT2D eigenvalue weighted by Crippen LogP contribution is 2.34. The van der Waals surface area contributed by atoms with E-state index in [9.17, 15) is 9.18 Å². The van der Waals surface area contributed by atoms with Gasteiger partial charge >= 0.3 is 6.03 Å². The third-order valence-electron chi connectivity index (χ3n) is 4.38. The standard InChI is InChI=1S/C16H17FN2O2S/c17-10-1-4-15-9(5-10)6-12(22-15)8-18-16(20)19-13-7-11-2-3-14(13)21-11/h1,4-6,11,13-14H,2-3,7-8H2,(H2,18,19,20)/t11-,13+,14-/m1/s1. The summed E-state index contributed by atoms with van der Waals surface area (Å²) in [7, 11) is 0. The summed E-state index contributed by atoms with van der Waals surface area (Å²) < 4.78 is 19.9. The predicted molar refractivity (Wildman–Crippen MR) is 83.5 cm³/mol. The zero-order valence-electron chi connectivity index (χ0n) is 12.0. The maximum absolute atomic E-state index is 13.2. The van der Waals surface area contributed by atoms with E-state index in [1.54, 1.807) is 17.4 Å². The van der Waals surface area contributed by atoms with Crippen LogP contribution >= 0.6 is 11.3 Å². The Hall–Kier alpha value is -1.66. The van der Waals surface area contributed by atoms with Crippen molar-refractivity contribution in [2.45, 2.75) is 44.1 Å². The van der Waals surface area contributed by atoms with E-state index < -0.39 is 0 Å². The zero-order chi connectivity index (χ0) is 15.1. The third-order valence-corrected chi connectivity index (χ3v) is 5.49. The molecule has 2 amide bonds. The van der Waals surface area contributed by atoms with E-state index in [4.69, 9.17) is 4.74 Å². The van der Waals surface area contributed by atoms with E-state index in [1.807, 2.05) is 6.07 Å². The number of amides is 2. The monoisotopic (exact) mass is 320 g/mol. The summed E-state index contributed by atoms with van der Waals surface area (Å²) in [6.07, 6.45) is 3.58. The van der Waals surface area contributed by atoms with E-state index in [0.717, 1.165) is 34.2 Å². The summed E-state index contributed by atoms with van der Waals surface area (Å²) in [4.78, 5) is 13.0. The van der Waals surface area contributed by atoms with Gasteiger partial charge in [-0.3, -0.25) is 0 Å². The normalized spacial score (nSPS) is 26.5. The van der Waals surface area contributed by atoms with Gasteiger partial charge in [0.2, 0.25) is 0 Å². The van der Waals surface area contributed by atoms with Gasteiger partial charge in [0.05, 0.1) is 24.8 Å². The molecule has 2 N–H and O–H groups in total. The van der Waals surface area contributed by atoms with Crippen LogP contribution in [-0.2, 0) is 11.3 Å². The number of benzene rings is 1. The highest BCUT2D eigenvalue weighted by molar-refractivity contribution is 7.19. The van der Waals surface area contributed by atoms with Crippen LogP contribution in [-0.4, -0.2) is 24.3 Å². The second kappa shape index (κ2) is 5.52. The minimum atomic E-state index is -0.237. The van der Waals surface area contributed by atoms with Crippen LogP contribution in [0.25, 0.3) is 10.1 Å². The number of urea groups is 1. The number of fused-ring (bicyclic) bond motifs is 3. The van der Waals surface area contributed by atoms with Gasteiger partial charge < -0.3 is 15.4 Å². The molecule has 22 heavy (non-hydrogen) atoms. The average Bonchev–Trinajstić information content (AvgIpc) is 3.18. The van der Waals surface area contributed by atoms with Gasteiger partial charge in [-0.2, -0.15) is 0 Å². The van der Waals surface area contributed by atoms with Gasteiger partial charge in [-0.15, -0.1) is 11.3 Å². The lowest BCUT2D eigenvalue weighted by atomic mass is 9.96. The number of hydrogen-bond acceptors (Lipinski definition) is 3. The molecule has 3 heterocycles. The van der Waals surface area contributed by atoms with Gasteiger partial charge in [0.1, 0.15) is 5.82 Å². The fraction of sp³-hybridized carbons (Fsp3) is 0.438. The Morgan fingerprint density at radius 1 is 1.36 bits per heavy atom. The number of hydrogen-bond donors (Lipinski definition) is 2. The quantitative estimate of drug-likeness (QED) is 0.913. The molecule has 0 saturated carbocycles. The van der Waals surface area contributed by atoms with Gasteiger partial charge in [0.15, 0.2) is 0 Å². The summed E-state index contributed by atoms with van der Waals surface area (Å²) in [5.74, 6) is -0.237. The van der Waals surface area contributed by atoms with Gasteiger partial charge in [0, 0.05) is 9.58 Å². The van der Waals surface area contributed by atoms with E-state index in [0.29, 0.717) is 12.6 Å². The first-order valence-corrected chi connectivity index (χ1v) is 8.37. The fourth-order valence-electron chi connectivity index (χ4n) is 3.33. The van der Waals surface area contributed by atoms with Crippen molar-refractivity contribution in [1.29, 1.82) is 0 Å². The number of nitrogens with one attached hydrogen (secondary N) is 2. The molecular formula is C16H17FN2O2S. The molecule has 1 aromatic carbocycles. The second-order valence-electron chi connectivity index (χ2n) is 5.94. The van der Waals surface area contributed by atoms with E-state index in [-0.39, 0.29) is 24.0 Å². The molecule has 4 rings (SSSR count). The molecule has 2 aromatic rings. The smallest absolute Gasteiger partial charge is 0.315 e. The molecule has 1 aromatic heterocycles. The van der Waals surface area contributed by atoms with Crippen LogP contribution in [0.4, 0.5) is 9.18 Å². The topological polar surface area (TPSA) is 50.4 Å². The first kappa shape index (κ1) is 14.0. The van der Waals surface area contributed by atoms with Crippen LogP contribution in [0.3, 0.4) is 0 Å². The van der Waals surface area contributed by atoms with Crippen molar-refractivity contribution in [3.63, 3.8) is 0 Å². The Balaban J connectivity index is 1.34. The highest BCUT2D eigenvalue weighted by Gasteiger charge is 2.41. The maximum atomic E-state index is 13.2. The lowest BCUT2D eigenvalue weighted by Crippen LogP contribution is -2.46. The molecule has 0 unspecified atom stereocenters. The zero-order valence-corrected chi connectivity index (χ0v) is 12.8. The summed E-state index contributed by atoms with van der Waals surface area (Å²) in [6.45, 7) is 0.453. The van der Waals surface area contributed by atoms with Gasteiger partial charge in [-0.1, -0.05) is 0 Å². The molecule has 0 aliphatic carbocycles. The minimum Gasteiger partial charge on any atom is -0.373 e. The van der Waals surface area contributed by atoms with Crippen molar-refractivity contribution in [2.75, 3.05) is 0 Å². The molecule has 2 fully saturated rings. The van der Waals surface area contributed by atoms with Crippen LogP contribution in [0.2, 0.25) is 0 Å². The number of ether oxygens (including phenoxy) is 1. The first-order valence-electron chi connectivity index (χ1n) is 7.55. The Kier molecular flexibility index (Phi) is 3.50. The van der Waals surface area contributed by atoms with Crippen molar-refractivity contribution in [1.82, 2.24) is 10.6 Å². The summed E-state index contributed by atoms with van der Waals surface area (Å²) in [5, 5.41) is 6.74. The van der Waals surface area contributed by atoms with Crippen molar-refractivity contribution in [3.05, 3.63) is 35.0 Å². The second-order valence-corrected chi connectivity index (χ2v) is 7.11. The lowest BCUT2D eigenvalue weighted by Gasteiger charge is -2.20. The number of halogens is 1. The molecule has 0 radical (unpaired) electrons. The molecule has 4 nitrogen and oxygen atoms in total. The average molecular weight is 320 g/mol. The van der Waals surface area contributed by atoms with Crippen molar-refractivity contribution in [2.24, 2.45) is 0 Å². The summed E-state index contributed by atoms with van der Waals surface area (Å²) >= 11 is 1.57. The van der Waals surface area contributed by atoms with Gasteiger partial charge in [0.25, 0.3) is 0 Å². The Morgan fingerprint density at radius 3 is 3.05 bits per heavy atom. The first-order chi connectivity index (χ1) is 10.7. The summed E-state index contributed by atoms with van der Waals surface area (Å²) in [5.41, 5.74) is 0. The SMILES string of the molecule is O=C(NCc1cc2cc(F)ccc2s1)N[C@H]1C[C@H]2CC[C@H]1O2. The molecule has 6 heteroatoms. The lowest BCUT2D eigenvalue weighted by molar-refractivity contribution is 0.0981. The van der Waals surface area contributed by atoms with Crippen LogP contribution in [0.1, 0.15) is 24.1 Å². The van der Waals surface area contributed by atoms with Crippen molar-refractivity contribution in [3.8, 4) is 0 Å². The maximum Gasteiger partial charge on any atom is 0.315 e. The molecular weight excluding hydrogens is 303 g/mol. The molecule has 2 bridgehead atoms. The van der Waals surface area contributed by atoms with Crippen molar-refractivity contribution < 1.29 is 13.9 Å². The minimum absolute atomic E-state index is 0.134. The molecule has 2 aliphatic rings. The predicted octanol–water partition coefficient (Wildman–Crippen LogP) is 3.16. The third kappa shape index (κ3) is 2.68. The van der Waals surface area contributed by atoms with Crippen LogP contribution in [0.5, 0.6) is 0 Å². The van der Waals surface area contributed by atoms with E-state index in [2.05, 4.69) is 10.6 Å². The number of carbonyl (C=O) groups excluding carboxylic acids is 1. The molecule has 116 valence electrons. The largest absolute Gasteiger partial charge is 0.373 e. The molecule has 3 atom stereocenters. The van der Waals surface area contributed by atoms with Gasteiger partial charge in [-0.05, 0) is 48.9 Å². The van der Waals surface area contributed by atoms with E-state index >= 15 is 0 Å². The fourth-order valence-corrected chi connectivity index (χ4v) is 4.32. The molecule has 2 aliphatic heterocycles. The Bertz CT molecular complexity index is 717. The Morgan fingerprint density at radius 2 is 2.27 bits per heavy atom. The molecule has 0 spiro atoms. The summed E-state index contributed by atoms with van der Waals surface area (Å²) in [6, 6.07) is 6.63.